The van der Waals surface area contributed by atoms with Crippen molar-refractivity contribution >= 4 is 38.6 Å². The van der Waals surface area contributed by atoms with Gasteiger partial charge in [-0.2, -0.15) is 5.10 Å². The predicted octanol–water partition coefficient (Wildman–Crippen LogP) is 5.21. The number of hydrogen-bond donors (Lipinski definition) is 1. The van der Waals surface area contributed by atoms with Crippen LogP contribution in [-0.2, 0) is 27.7 Å². The highest BCUT2D eigenvalue weighted by Crippen LogP contribution is 2.32. The Morgan fingerprint density at radius 1 is 0.919 bits per heavy atom. The molecule has 0 spiro atoms. The van der Waals surface area contributed by atoms with E-state index in [1.54, 1.807) is 42.6 Å². The van der Waals surface area contributed by atoms with Crippen molar-refractivity contribution in [1.29, 1.82) is 0 Å². The fraction of sp³-hybridized carbons (Fsp3) is 0.200. The van der Waals surface area contributed by atoms with Crippen LogP contribution in [0, 0.1) is 20.8 Å². The van der Waals surface area contributed by atoms with E-state index >= 15 is 0 Å². The summed E-state index contributed by atoms with van der Waals surface area (Å²) in [6.45, 7) is 5.26. The molecule has 0 radical (unpaired) electrons. The summed E-state index contributed by atoms with van der Waals surface area (Å²) in [5, 5.41) is 6.55. The fourth-order valence-electron chi connectivity index (χ4n) is 4.86. The molecule has 1 N–H and O–H groups in total. The van der Waals surface area contributed by atoms with E-state index in [9.17, 15) is 13.2 Å². The summed E-state index contributed by atoms with van der Waals surface area (Å²) in [5.41, 5.74) is 9.25. The van der Waals surface area contributed by atoms with Crippen molar-refractivity contribution in [3.8, 4) is 0 Å². The quantitative estimate of drug-likeness (QED) is 0.273. The normalized spacial score (nSPS) is 12.8. The Labute approximate surface area is 217 Å². The summed E-state index contributed by atoms with van der Waals surface area (Å²) in [4.78, 5) is 13.1. The lowest BCUT2D eigenvalue weighted by Gasteiger charge is -2.26. The molecule has 6 nitrogen and oxygen atoms in total. The topological polar surface area (TPSA) is 78.8 Å². The first-order valence-electron chi connectivity index (χ1n) is 12.3. The van der Waals surface area contributed by atoms with Crippen LogP contribution in [0.2, 0.25) is 0 Å². The second-order valence-corrected chi connectivity index (χ2v) is 11.4. The van der Waals surface area contributed by atoms with Gasteiger partial charge in [0.25, 0.3) is 15.9 Å². The molecule has 7 heteroatoms. The molecule has 4 aromatic rings. The summed E-state index contributed by atoms with van der Waals surface area (Å²) in [6, 6.07) is 22.4. The fourth-order valence-corrected chi connectivity index (χ4v) is 6.34. The van der Waals surface area contributed by atoms with Crippen LogP contribution < -0.4 is 9.73 Å². The van der Waals surface area contributed by atoms with E-state index in [0.29, 0.717) is 5.69 Å². The van der Waals surface area contributed by atoms with Crippen LogP contribution in [0.5, 0.6) is 0 Å². The van der Waals surface area contributed by atoms with Gasteiger partial charge in [0, 0.05) is 5.56 Å². The van der Waals surface area contributed by atoms with Crippen LogP contribution in [0.4, 0.5) is 5.69 Å². The molecule has 0 aromatic heterocycles. The van der Waals surface area contributed by atoms with Crippen LogP contribution in [0.25, 0.3) is 10.8 Å². The number of sulfonamides is 1. The average Bonchev–Trinajstić information content (AvgIpc) is 3.31. The number of hydrazone groups is 1. The van der Waals surface area contributed by atoms with Crippen LogP contribution >= 0.6 is 0 Å². The van der Waals surface area contributed by atoms with E-state index in [1.165, 1.54) is 16.5 Å². The highest BCUT2D eigenvalue weighted by Gasteiger charge is 2.28. The molecule has 0 atom stereocenters. The average molecular weight is 512 g/mol. The Bertz CT molecular complexity index is 1630. The highest BCUT2D eigenvalue weighted by atomic mass is 32.2. The van der Waals surface area contributed by atoms with Gasteiger partial charge in [0.2, 0.25) is 0 Å². The van der Waals surface area contributed by atoms with Gasteiger partial charge in [0.1, 0.15) is 6.54 Å². The maximum absolute atomic E-state index is 13.7. The molecule has 0 saturated carbocycles. The van der Waals surface area contributed by atoms with Gasteiger partial charge in [-0.25, -0.2) is 13.8 Å². The van der Waals surface area contributed by atoms with Crippen molar-refractivity contribution in [3.63, 3.8) is 0 Å². The summed E-state index contributed by atoms with van der Waals surface area (Å²) in [7, 11) is -3.99. The summed E-state index contributed by atoms with van der Waals surface area (Å²) >= 11 is 0. The third-order valence-corrected chi connectivity index (χ3v) is 8.82. The molecule has 0 saturated heterocycles. The van der Waals surface area contributed by atoms with Crippen molar-refractivity contribution < 1.29 is 13.2 Å². The molecule has 1 aliphatic carbocycles. The minimum Gasteiger partial charge on any atom is -0.271 e. The van der Waals surface area contributed by atoms with Gasteiger partial charge in [-0.3, -0.25) is 9.10 Å². The van der Waals surface area contributed by atoms with Crippen molar-refractivity contribution in [3.05, 3.63) is 106 Å². The first-order valence-corrected chi connectivity index (χ1v) is 13.7. The van der Waals surface area contributed by atoms with Crippen LogP contribution in [0.1, 0.15) is 33.4 Å². The molecule has 0 heterocycles. The maximum atomic E-state index is 13.7. The second kappa shape index (κ2) is 9.82. The largest absolute Gasteiger partial charge is 0.271 e. The zero-order valence-electron chi connectivity index (χ0n) is 21.2. The molecule has 0 unspecified atom stereocenters. The van der Waals surface area contributed by atoms with Crippen molar-refractivity contribution in [2.24, 2.45) is 5.10 Å². The van der Waals surface area contributed by atoms with E-state index in [2.05, 4.69) is 28.7 Å². The van der Waals surface area contributed by atoms with Crippen LogP contribution in [0.15, 0.2) is 82.8 Å². The number of carbonyl (C=O) groups is 1. The van der Waals surface area contributed by atoms with Gasteiger partial charge >= 0.3 is 0 Å². The van der Waals surface area contributed by atoms with Crippen LogP contribution in [0.3, 0.4) is 0 Å². The first-order chi connectivity index (χ1) is 17.8. The van der Waals surface area contributed by atoms with E-state index in [-0.39, 0.29) is 4.90 Å². The number of amides is 1. The number of carbonyl (C=O) groups excluding carboxylic acids is 1. The molecule has 0 bridgehead atoms. The lowest BCUT2D eigenvalue weighted by Crippen LogP contribution is -2.40. The van der Waals surface area contributed by atoms with Gasteiger partial charge in [-0.1, -0.05) is 60.2 Å². The van der Waals surface area contributed by atoms with Gasteiger partial charge in [-0.15, -0.1) is 0 Å². The Morgan fingerprint density at radius 2 is 1.62 bits per heavy atom. The number of nitrogens with zero attached hydrogens (tertiary/aromatic N) is 2. The SMILES string of the molecule is Cc1ccc(S(=O)(=O)N(CC(=O)N/N=C\c2ccc3c4c(cccc24)CC3)c2cccc(C)c2C)cc1. The zero-order valence-corrected chi connectivity index (χ0v) is 22.0. The predicted molar refractivity (Wildman–Crippen MR) is 149 cm³/mol. The molecular formula is C30H29N3O3S. The Balaban J connectivity index is 1.42. The minimum absolute atomic E-state index is 0.128. The summed E-state index contributed by atoms with van der Waals surface area (Å²) in [6.07, 6.45) is 3.69. The Morgan fingerprint density at radius 3 is 2.38 bits per heavy atom. The van der Waals surface area contributed by atoms with Crippen molar-refractivity contribution in [2.45, 2.75) is 38.5 Å². The minimum atomic E-state index is -3.99. The molecule has 0 aliphatic heterocycles. The lowest BCUT2D eigenvalue weighted by atomic mass is 10.0. The molecule has 37 heavy (non-hydrogen) atoms. The lowest BCUT2D eigenvalue weighted by molar-refractivity contribution is -0.119. The van der Waals surface area contributed by atoms with Gasteiger partial charge in [0.05, 0.1) is 16.8 Å². The maximum Gasteiger partial charge on any atom is 0.264 e. The Hall–Kier alpha value is -3.97. The summed E-state index contributed by atoms with van der Waals surface area (Å²) in [5.74, 6) is -0.529. The third-order valence-electron chi connectivity index (χ3n) is 7.04. The Kier molecular flexibility index (Phi) is 6.56. The zero-order chi connectivity index (χ0) is 26.2. The smallest absolute Gasteiger partial charge is 0.264 e. The van der Waals surface area contributed by atoms with Gasteiger partial charge < -0.3 is 0 Å². The summed E-state index contributed by atoms with van der Waals surface area (Å²) < 4.78 is 28.5. The number of rotatable bonds is 7. The van der Waals surface area contributed by atoms with E-state index < -0.39 is 22.5 Å². The van der Waals surface area contributed by atoms with Gasteiger partial charge in [0.15, 0.2) is 0 Å². The molecule has 0 fully saturated rings. The molecule has 1 aliphatic rings. The standard InChI is InChI=1S/C30H29N3O3S/c1-20-10-16-26(17-11-20)37(35,36)33(28-9-4-6-21(2)22(28)3)19-29(34)32-31-18-25-15-14-24-13-12-23-7-5-8-27(25)30(23)24/h4-11,14-18H,12-13,19H2,1-3H3,(H,32,34)/b31-18-. The number of hydrogen-bond acceptors (Lipinski definition) is 4. The van der Waals surface area contributed by atoms with Crippen molar-refractivity contribution in [1.82, 2.24) is 5.43 Å². The molecule has 188 valence electrons. The van der Waals surface area contributed by atoms with E-state index in [1.807, 2.05) is 39.0 Å². The molecule has 4 aromatic carbocycles. The van der Waals surface area contributed by atoms with E-state index in [0.717, 1.165) is 44.8 Å². The third kappa shape index (κ3) is 4.74. The number of benzene rings is 4. The molecular weight excluding hydrogens is 482 g/mol. The van der Waals surface area contributed by atoms with E-state index in [4.69, 9.17) is 0 Å². The van der Waals surface area contributed by atoms with Crippen LogP contribution in [-0.4, -0.2) is 27.1 Å². The van der Waals surface area contributed by atoms with Crippen molar-refractivity contribution in [2.75, 3.05) is 10.8 Å². The molecule has 1 amide bonds. The number of anilines is 1. The number of nitrogens with one attached hydrogen (secondary N) is 1. The monoisotopic (exact) mass is 511 g/mol. The highest BCUT2D eigenvalue weighted by molar-refractivity contribution is 7.92. The molecule has 5 rings (SSSR count). The first kappa shape index (κ1) is 24.7. The number of aryl methyl sites for hydroxylation is 4. The second-order valence-electron chi connectivity index (χ2n) is 9.49. The van der Waals surface area contributed by atoms with Gasteiger partial charge in [-0.05, 0) is 84.8 Å².